The van der Waals surface area contributed by atoms with E-state index >= 15 is 0 Å². The number of benzene rings is 1. The summed E-state index contributed by atoms with van der Waals surface area (Å²) in [4.78, 5) is 13.9. The molecule has 1 aromatic carbocycles. The van der Waals surface area contributed by atoms with Gasteiger partial charge in [0.2, 0.25) is 0 Å². The number of rotatable bonds is 3. The van der Waals surface area contributed by atoms with Crippen molar-refractivity contribution in [2.45, 2.75) is 25.1 Å². The van der Waals surface area contributed by atoms with E-state index in [0.29, 0.717) is 17.7 Å². The monoisotopic (exact) mass is 369 g/mol. The second-order valence-electron chi connectivity index (χ2n) is 6.51. The third-order valence-electron chi connectivity index (χ3n) is 4.55. The predicted molar refractivity (Wildman–Crippen MR) is 86.3 cm³/mol. The first-order valence-corrected chi connectivity index (χ1v) is 8.00. The molecule has 1 aliphatic rings. The van der Waals surface area contributed by atoms with Crippen LogP contribution in [0.1, 0.15) is 28.2 Å². The highest BCUT2D eigenvalue weighted by molar-refractivity contribution is 5.95. The van der Waals surface area contributed by atoms with Gasteiger partial charge in [-0.3, -0.25) is 9.89 Å². The number of aryl methyl sites for hydroxylation is 1. The molecule has 1 fully saturated rings. The quantitative estimate of drug-likeness (QED) is 0.772. The van der Waals surface area contributed by atoms with Crippen LogP contribution < -0.4 is 0 Å². The lowest BCUT2D eigenvalue weighted by atomic mass is 10.0. The van der Waals surface area contributed by atoms with Gasteiger partial charge in [0.1, 0.15) is 5.60 Å². The average Bonchev–Trinajstić information content (AvgIpc) is 3.18. The Labute approximate surface area is 147 Å². The minimum absolute atomic E-state index is 0.0170. The summed E-state index contributed by atoms with van der Waals surface area (Å²) >= 11 is 0. The van der Waals surface area contributed by atoms with E-state index in [9.17, 15) is 23.1 Å². The van der Waals surface area contributed by atoms with E-state index in [1.54, 1.807) is 0 Å². The summed E-state index contributed by atoms with van der Waals surface area (Å²) in [6.07, 6.45) is -4.31. The summed E-state index contributed by atoms with van der Waals surface area (Å²) in [5.74, 6) is -0.346. The zero-order valence-electron chi connectivity index (χ0n) is 14.0. The van der Waals surface area contributed by atoms with Crippen LogP contribution in [0, 0.1) is 6.92 Å². The van der Waals surface area contributed by atoms with Gasteiger partial charge in [-0.1, -0.05) is 12.1 Å². The molecule has 3 rings (SSSR count). The number of aromatic nitrogens is 2. The van der Waals surface area contributed by atoms with Crippen LogP contribution in [-0.2, 0) is 6.18 Å². The van der Waals surface area contributed by atoms with Crippen LogP contribution >= 0.6 is 0 Å². The predicted octanol–water partition coefficient (Wildman–Crippen LogP) is 1.97. The number of β-amino-alcohol motifs (C(OH)–C–C–N with tert-alkyl or cyclic N) is 1. The van der Waals surface area contributed by atoms with Gasteiger partial charge in [-0.15, -0.1) is 0 Å². The maximum atomic E-state index is 13.1. The zero-order valence-corrected chi connectivity index (χ0v) is 14.0. The molecule has 2 aromatic rings. The van der Waals surface area contributed by atoms with Crippen LogP contribution in [0.15, 0.2) is 24.3 Å². The number of aliphatic hydroxyl groups excluding tert-OH is 1. The van der Waals surface area contributed by atoms with Gasteiger partial charge in [-0.25, -0.2) is 0 Å². The fourth-order valence-corrected chi connectivity index (χ4v) is 3.11. The van der Waals surface area contributed by atoms with Gasteiger partial charge in [0.25, 0.3) is 5.91 Å². The number of halogens is 3. The van der Waals surface area contributed by atoms with Crippen molar-refractivity contribution in [1.29, 1.82) is 0 Å². The summed E-state index contributed by atoms with van der Waals surface area (Å²) in [6.45, 7) is 1.38. The van der Waals surface area contributed by atoms with Gasteiger partial charge in [-0.05, 0) is 31.0 Å². The fourth-order valence-electron chi connectivity index (χ4n) is 3.11. The molecule has 1 atom stereocenters. The maximum absolute atomic E-state index is 13.1. The molecule has 0 bridgehead atoms. The largest absolute Gasteiger partial charge is 0.435 e. The molecule has 1 unspecified atom stereocenters. The molecule has 0 radical (unpaired) electrons. The van der Waals surface area contributed by atoms with Crippen molar-refractivity contribution in [3.05, 3.63) is 41.2 Å². The molecular weight excluding hydrogens is 351 g/mol. The number of nitrogens with zero attached hydrogens (tertiary/aromatic N) is 2. The zero-order chi connectivity index (χ0) is 19.1. The molecule has 0 spiro atoms. The first-order chi connectivity index (χ1) is 12.1. The molecule has 0 aliphatic carbocycles. The Balaban J connectivity index is 1.84. The average molecular weight is 369 g/mol. The van der Waals surface area contributed by atoms with Gasteiger partial charge in [0, 0.05) is 23.4 Å². The highest BCUT2D eigenvalue weighted by atomic mass is 19.4. The smallest absolute Gasteiger partial charge is 0.393 e. The molecule has 3 N–H and O–H groups in total. The highest BCUT2D eigenvalue weighted by Gasteiger charge is 2.39. The Kier molecular flexibility index (Phi) is 4.53. The van der Waals surface area contributed by atoms with Gasteiger partial charge in [-0.2, -0.15) is 18.3 Å². The number of nitrogens with one attached hydrogen (secondary N) is 1. The number of alkyl halides is 3. The number of hydrogen-bond donors (Lipinski definition) is 3. The fraction of sp³-hybridized carbons (Fsp3) is 0.412. The summed E-state index contributed by atoms with van der Waals surface area (Å²) in [6, 6.07) is 5.77. The van der Waals surface area contributed by atoms with Gasteiger partial charge in [0.05, 0.1) is 13.2 Å². The highest BCUT2D eigenvalue weighted by Crippen LogP contribution is 2.37. The van der Waals surface area contributed by atoms with E-state index in [1.807, 2.05) is 0 Å². The SMILES string of the molecule is Cc1[nH]nc(C(F)(F)F)c1-c1ccc(C(=O)N2CCC(O)(CO)C2)cc1. The molecule has 1 aromatic heterocycles. The number of H-pyrrole nitrogens is 1. The molecular formula is C17H18F3N3O3. The number of amides is 1. The van der Waals surface area contributed by atoms with Crippen molar-refractivity contribution < 1.29 is 28.2 Å². The van der Waals surface area contributed by atoms with Crippen LogP contribution in [-0.4, -0.2) is 56.5 Å². The van der Waals surface area contributed by atoms with Crippen molar-refractivity contribution in [2.75, 3.05) is 19.7 Å². The first-order valence-electron chi connectivity index (χ1n) is 8.00. The Morgan fingerprint density at radius 2 is 2.00 bits per heavy atom. The molecule has 9 heteroatoms. The third-order valence-corrected chi connectivity index (χ3v) is 4.55. The van der Waals surface area contributed by atoms with Crippen LogP contribution in [0.3, 0.4) is 0 Å². The summed E-state index contributed by atoms with van der Waals surface area (Å²) in [5, 5.41) is 24.9. The van der Waals surface area contributed by atoms with E-state index in [1.165, 1.54) is 36.1 Å². The topological polar surface area (TPSA) is 89.5 Å². The lowest BCUT2D eigenvalue weighted by Gasteiger charge is -2.21. The van der Waals surface area contributed by atoms with Crippen LogP contribution in [0.25, 0.3) is 11.1 Å². The summed E-state index contributed by atoms with van der Waals surface area (Å²) < 4.78 is 39.2. The Morgan fingerprint density at radius 3 is 2.54 bits per heavy atom. The number of hydrogen-bond acceptors (Lipinski definition) is 4. The second-order valence-corrected chi connectivity index (χ2v) is 6.51. The second kappa shape index (κ2) is 6.40. The van der Waals surface area contributed by atoms with E-state index in [4.69, 9.17) is 5.11 Å². The van der Waals surface area contributed by atoms with Crippen molar-refractivity contribution in [3.8, 4) is 11.1 Å². The molecule has 2 heterocycles. The number of carbonyl (C=O) groups is 1. The van der Waals surface area contributed by atoms with Crippen LogP contribution in [0.5, 0.6) is 0 Å². The molecule has 6 nitrogen and oxygen atoms in total. The molecule has 0 saturated carbocycles. The van der Waals surface area contributed by atoms with Crippen LogP contribution in [0.2, 0.25) is 0 Å². The van der Waals surface area contributed by atoms with Crippen molar-refractivity contribution in [2.24, 2.45) is 0 Å². The number of likely N-dealkylation sites (tertiary alicyclic amines) is 1. The van der Waals surface area contributed by atoms with Gasteiger partial charge in [0.15, 0.2) is 5.69 Å². The lowest BCUT2D eigenvalue weighted by molar-refractivity contribution is -0.140. The normalized spacial score (nSPS) is 20.6. The van der Waals surface area contributed by atoms with E-state index in [0.717, 1.165) is 0 Å². The molecule has 1 saturated heterocycles. The first kappa shape index (κ1) is 18.4. The maximum Gasteiger partial charge on any atom is 0.435 e. The Morgan fingerprint density at radius 1 is 1.35 bits per heavy atom. The van der Waals surface area contributed by atoms with E-state index in [-0.39, 0.29) is 30.1 Å². The number of aliphatic hydroxyl groups is 2. The third kappa shape index (κ3) is 3.32. The van der Waals surface area contributed by atoms with Crippen molar-refractivity contribution in [1.82, 2.24) is 15.1 Å². The molecule has 140 valence electrons. The van der Waals surface area contributed by atoms with Crippen molar-refractivity contribution >= 4 is 5.91 Å². The van der Waals surface area contributed by atoms with Gasteiger partial charge >= 0.3 is 6.18 Å². The Bertz CT molecular complexity index is 817. The minimum Gasteiger partial charge on any atom is -0.393 e. The van der Waals surface area contributed by atoms with E-state index < -0.39 is 24.1 Å². The Hall–Kier alpha value is -2.39. The molecule has 1 aliphatic heterocycles. The van der Waals surface area contributed by atoms with Gasteiger partial charge < -0.3 is 15.1 Å². The standard InChI is InChI=1S/C17H18F3N3O3/c1-10-13(14(22-21-10)17(18,19)20)11-2-4-12(5-3-11)15(25)23-7-6-16(26,8-23)9-24/h2-5,24,26H,6-9H2,1H3,(H,21,22). The number of carbonyl (C=O) groups excluding carboxylic acids is 1. The summed E-state index contributed by atoms with van der Waals surface area (Å²) in [5.41, 5.74) is -1.47. The lowest BCUT2D eigenvalue weighted by Crippen LogP contribution is -2.38. The van der Waals surface area contributed by atoms with E-state index in [2.05, 4.69) is 10.2 Å². The summed E-state index contributed by atoms with van der Waals surface area (Å²) in [7, 11) is 0. The molecule has 1 amide bonds. The van der Waals surface area contributed by atoms with Crippen molar-refractivity contribution in [3.63, 3.8) is 0 Å². The van der Waals surface area contributed by atoms with Crippen LogP contribution in [0.4, 0.5) is 13.2 Å². The minimum atomic E-state index is -4.58. The number of aromatic amines is 1. The molecule has 26 heavy (non-hydrogen) atoms.